The molecule has 3 N–H and O–H groups in total. The number of aromatic nitrogens is 2. The molecule has 4 nitrogen and oxygen atoms in total. The fourth-order valence-electron chi connectivity index (χ4n) is 2.09. The molecule has 0 radical (unpaired) electrons. The first kappa shape index (κ1) is 11.4. The highest BCUT2D eigenvalue weighted by Crippen LogP contribution is 2.21. The first-order valence-electron chi connectivity index (χ1n) is 5.73. The van der Waals surface area contributed by atoms with Crippen molar-refractivity contribution in [2.45, 2.75) is 0 Å². The molecule has 0 bridgehead atoms. The summed E-state index contributed by atoms with van der Waals surface area (Å²) in [4.78, 5) is 4.28. The summed E-state index contributed by atoms with van der Waals surface area (Å²) in [7, 11) is 0. The van der Waals surface area contributed by atoms with E-state index in [0.717, 1.165) is 11.0 Å². The number of hydrogen-bond donors (Lipinski definition) is 2. The molecule has 0 aliphatic heterocycles. The van der Waals surface area contributed by atoms with Crippen LogP contribution in [-0.4, -0.2) is 15.4 Å². The number of nitrogens with two attached hydrogens (primary N) is 1. The van der Waals surface area contributed by atoms with Crippen molar-refractivity contribution in [3.63, 3.8) is 0 Å². The third-order valence-electron chi connectivity index (χ3n) is 2.96. The number of fused-ring (bicyclic) bond motifs is 1. The number of para-hydroxylation sites is 2. The topological polar surface area (TPSA) is 67.7 Å². The lowest BCUT2D eigenvalue weighted by Gasteiger charge is -2.10. The average Bonchev–Trinajstić information content (AvgIpc) is 2.82. The summed E-state index contributed by atoms with van der Waals surface area (Å²) in [6, 6.07) is 11.8. The molecule has 1 aromatic heterocycles. The zero-order chi connectivity index (χ0) is 13.4. The number of hydrogen-bond acceptors (Lipinski definition) is 2. The van der Waals surface area contributed by atoms with E-state index < -0.39 is 5.82 Å². The first-order chi connectivity index (χ1) is 9.16. The van der Waals surface area contributed by atoms with Gasteiger partial charge in [0.2, 0.25) is 0 Å². The van der Waals surface area contributed by atoms with Crippen LogP contribution in [0.5, 0.6) is 0 Å². The van der Waals surface area contributed by atoms with E-state index in [4.69, 9.17) is 11.1 Å². The van der Waals surface area contributed by atoms with Gasteiger partial charge in [0.15, 0.2) is 0 Å². The van der Waals surface area contributed by atoms with Crippen molar-refractivity contribution in [3.05, 3.63) is 60.2 Å². The maximum absolute atomic E-state index is 13.3. The molecule has 2 aromatic carbocycles. The number of rotatable bonds is 2. The molecule has 5 heteroatoms. The third-order valence-corrected chi connectivity index (χ3v) is 2.96. The maximum atomic E-state index is 13.3. The lowest BCUT2D eigenvalue weighted by Crippen LogP contribution is -2.15. The van der Waals surface area contributed by atoms with Crippen LogP contribution in [0.3, 0.4) is 0 Å². The zero-order valence-electron chi connectivity index (χ0n) is 9.97. The summed E-state index contributed by atoms with van der Waals surface area (Å²) >= 11 is 0. The molecular weight excluding hydrogens is 243 g/mol. The number of nitrogens with one attached hydrogen (secondary N) is 1. The summed E-state index contributed by atoms with van der Waals surface area (Å²) in [5.41, 5.74) is 8.23. The summed E-state index contributed by atoms with van der Waals surface area (Å²) in [6.45, 7) is 0. The molecule has 0 aliphatic carbocycles. The van der Waals surface area contributed by atoms with Crippen molar-refractivity contribution in [3.8, 4) is 5.69 Å². The number of imidazole rings is 1. The van der Waals surface area contributed by atoms with Crippen LogP contribution in [-0.2, 0) is 0 Å². The Morgan fingerprint density at radius 2 is 2.00 bits per heavy atom. The molecular formula is C14H11FN4. The van der Waals surface area contributed by atoms with Gasteiger partial charge >= 0.3 is 0 Å². The Bertz CT molecular complexity index is 776. The van der Waals surface area contributed by atoms with Gasteiger partial charge in [-0.15, -0.1) is 0 Å². The first-order valence-corrected chi connectivity index (χ1v) is 5.73. The summed E-state index contributed by atoms with van der Waals surface area (Å²) in [5, 5.41) is 7.56. The Balaban J connectivity index is 2.30. The van der Waals surface area contributed by atoms with E-state index in [0.29, 0.717) is 11.3 Å². The smallest absolute Gasteiger partial charge is 0.125 e. The van der Waals surface area contributed by atoms with Crippen LogP contribution in [0.15, 0.2) is 48.8 Å². The van der Waals surface area contributed by atoms with E-state index in [2.05, 4.69) is 4.98 Å². The van der Waals surface area contributed by atoms with Crippen LogP contribution in [0.4, 0.5) is 4.39 Å². The highest BCUT2D eigenvalue weighted by Gasteiger charge is 2.11. The van der Waals surface area contributed by atoms with Crippen LogP contribution in [0, 0.1) is 11.2 Å². The molecule has 94 valence electrons. The molecule has 0 fully saturated rings. The molecule has 1 heterocycles. The van der Waals surface area contributed by atoms with Gasteiger partial charge in [-0.25, -0.2) is 9.37 Å². The minimum absolute atomic E-state index is 0.174. The predicted molar refractivity (Wildman–Crippen MR) is 72.0 cm³/mol. The fraction of sp³-hybridized carbons (Fsp3) is 0. The molecule has 0 amide bonds. The van der Waals surface area contributed by atoms with Crippen molar-refractivity contribution < 1.29 is 4.39 Å². The van der Waals surface area contributed by atoms with Crippen molar-refractivity contribution in [1.82, 2.24) is 9.55 Å². The number of halogens is 1. The minimum atomic E-state index is -0.418. The molecule has 3 aromatic rings. The van der Waals surface area contributed by atoms with Gasteiger partial charge in [-0.3, -0.25) is 9.98 Å². The molecule has 0 spiro atoms. The van der Waals surface area contributed by atoms with Crippen LogP contribution < -0.4 is 5.73 Å². The minimum Gasteiger partial charge on any atom is -0.384 e. The lowest BCUT2D eigenvalue weighted by molar-refractivity contribution is 0.627. The second kappa shape index (κ2) is 4.20. The molecule has 0 saturated carbocycles. The van der Waals surface area contributed by atoms with Crippen molar-refractivity contribution in [2.75, 3.05) is 0 Å². The Hall–Kier alpha value is -2.69. The highest BCUT2D eigenvalue weighted by atomic mass is 19.1. The molecule has 0 saturated heterocycles. The standard InChI is InChI=1S/C14H11FN4/c15-9-5-6-12(10(7-9)14(16)17)19-8-18-11-3-1-2-4-13(11)19/h1-8H,(H3,16,17). The Labute approximate surface area is 108 Å². The van der Waals surface area contributed by atoms with Gasteiger partial charge in [0.1, 0.15) is 18.0 Å². The molecule has 0 unspecified atom stereocenters. The number of benzene rings is 2. The van der Waals surface area contributed by atoms with Crippen molar-refractivity contribution >= 4 is 16.9 Å². The van der Waals surface area contributed by atoms with Gasteiger partial charge in [-0.2, -0.15) is 0 Å². The predicted octanol–water partition coefficient (Wildman–Crippen LogP) is 2.45. The van der Waals surface area contributed by atoms with E-state index in [1.807, 2.05) is 24.3 Å². The van der Waals surface area contributed by atoms with E-state index >= 15 is 0 Å². The van der Waals surface area contributed by atoms with Crippen LogP contribution in [0.25, 0.3) is 16.7 Å². The Kier molecular flexibility index (Phi) is 2.52. The Morgan fingerprint density at radius 3 is 2.79 bits per heavy atom. The van der Waals surface area contributed by atoms with Gasteiger partial charge in [0.05, 0.1) is 16.7 Å². The lowest BCUT2D eigenvalue weighted by atomic mass is 10.1. The number of nitrogen functional groups attached to an aromatic ring is 1. The number of nitrogens with zero attached hydrogens (tertiary/aromatic N) is 2. The molecule has 19 heavy (non-hydrogen) atoms. The van der Waals surface area contributed by atoms with Gasteiger partial charge in [-0.05, 0) is 30.3 Å². The normalized spacial score (nSPS) is 10.8. The summed E-state index contributed by atoms with van der Waals surface area (Å²) in [5.74, 6) is -0.592. The van der Waals surface area contributed by atoms with E-state index in [1.54, 1.807) is 17.0 Å². The van der Waals surface area contributed by atoms with E-state index in [-0.39, 0.29) is 5.84 Å². The Morgan fingerprint density at radius 1 is 1.21 bits per heavy atom. The molecule has 0 aliphatic rings. The van der Waals surface area contributed by atoms with Crippen LogP contribution >= 0.6 is 0 Å². The average molecular weight is 254 g/mol. The fourth-order valence-corrected chi connectivity index (χ4v) is 2.09. The van der Waals surface area contributed by atoms with Crippen molar-refractivity contribution in [1.29, 1.82) is 5.41 Å². The van der Waals surface area contributed by atoms with E-state index in [9.17, 15) is 4.39 Å². The summed E-state index contributed by atoms with van der Waals surface area (Å²) < 4.78 is 15.1. The molecule has 3 rings (SSSR count). The van der Waals surface area contributed by atoms with Crippen LogP contribution in [0.1, 0.15) is 5.56 Å². The second-order valence-corrected chi connectivity index (χ2v) is 4.18. The quantitative estimate of drug-likeness (QED) is 0.545. The van der Waals surface area contributed by atoms with Gasteiger partial charge < -0.3 is 5.73 Å². The van der Waals surface area contributed by atoms with Gasteiger partial charge in [0.25, 0.3) is 0 Å². The highest BCUT2D eigenvalue weighted by molar-refractivity contribution is 5.99. The monoisotopic (exact) mass is 254 g/mol. The van der Waals surface area contributed by atoms with Gasteiger partial charge in [-0.1, -0.05) is 12.1 Å². The van der Waals surface area contributed by atoms with E-state index in [1.165, 1.54) is 12.1 Å². The van der Waals surface area contributed by atoms with Crippen molar-refractivity contribution in [2.24, 2.45) is 5.73 Å². The second-order valence-electron chi connectivity index (χ2n) is 4.18. The molecule has 0 atom stereocenters. The zero-order valence-corrected chi connectivity index (χ0v) is 9.97. The maximum Gasteiger partial charge on any atom is 0.125 e. The largest absolute Gasteiger partial charge is 0.384 e. The number of amidine groups is 1. The summed E-state index contributed by atoms with van der Waals surface area (Å²) in [6.07, 6.45) is 1.64. The third kappa shape index (κ3) is 1.85. The van der Waals surface area contributed by atoms with Crippen LogP contribution in [0.2, 0.25) is 0 Å². The SMILES string of the molecule is N=C(N)c1cc(F)ccc1-n1cnc2ccccc21. The van der Waals surface area contributed by atoms with Gasteiger partial charge in [0, 0.05) is 5.56 Å².